The van der Waals surface area contributed by atoms with E-state index in [0.29, 0.717) is 17.7 Å². The first-order chi connectivity index (χ1) is 12.2. The summed E-state index contributed by atoms with van der Waals surface area (Å²) >= 11 is 3.49. The predicted molar refractivity (Wildman–Crippen MR) is 109 cm³/mol. The molecular formula is C19H23BrN6. The lowest BCUT2D eigenvalue weighted by molar-refractivity contribution is 0.860. The molecule has 26 heavy (non-hydrogen) atoms. The molecule has 1 fully saturated rings. The second kappa shape index (κ2) is 7.86. The maximum absolute atomic E-state index is 4.57. The summed E-state index contributed by atoms with van der Waals surface area (Å²) in [5.41, 5.74) is 2.37. The van der Waals surface area contributed by atoms with Gasteiger partial charge in [0.2, 0.25) is 5.95 Å². The van der Waals surface area contributed by atoms with Crippen molar-refractivity contribution in [3.05, 3.63) is 58.3 Å². The second-order valence-electron chi connectivity index (χ2n) is 6.27. The number of aromatic nitrogens is 4. The minimum Gasteiger partial charge on any atom is -0.348 e. The van der Waals surface area contributed by atoms with E-state index in [9.17, 15) is 0 Å². The predicted octanol–water partition coefficient (Wildman–Crippen LogP) is 5.39. The molecule has 0 aliphatic heterocycles. The molecule has 7 heteroatoms. The molecule has 0 spiro atoms. The van der Waals surface area contributed by atoms with Crippen LogP contribution < -0.4 is 10.6 Å². The lowest BCUT2D eigenvalue weighted by Crippen LogP contribution is -2.10. The Balaban J connectivity index is 0.00000196. The summed E-state index contributed by atoms with van der Waals surface area (Å²) in [6, 6.07) is 12.4. The average molecular weight is 415 g/mol. The fraction of sp³-hybridized carbons (Fsp3) is 0.316. The first kappa shape index (κ1) is 18.4. The highest BCUT2D eigenvalue weighted by Crippen LogP contribution is 2.39. The third-order valence-corrected chi connectivity index (χ3v) is 4.83. The van der Waals surface area contributed by atoms with E-state index in [1.807, 2.05) is 24.3 Å². The number of hydrogen-bond acceptors (Lipinski definition) is 5. The topological polar surface area (TPSA) is 78.5 Å². The van der Waals surface area contributed by atoms with Gasteiger partial charge in [-0.15, -0.1) is 0 Å². The molecule has 0 bridgehead atoms. The van der Waals surface area contributed by atoms with Gasteiger partial charge in [0.25, 0.3) is 0 Å². The van der Waals surface area contributed by atoms with E-state index in [-0.39, 0.29) is 13.5 Å². The molecule has 4 rings (SSSR count). The fourth-order valence-corrected chi connectivity index (χ4v) is 2.96. The van der Waals surface area contributed by atoms with Crippen molar-refractivity contribution in [3.63, 3.8) is 0 Å². The zero-order valence-electron chi connectivity index (χ0n) is 13.8. The van der Waals surface area contributed by atoms with Gasteiger partial charge >= 0.3 is 0 Å². The molecule has 0 amide bonds. The van der Waals surface area contributed by atoms with E-state index in [0.717, 1.165) is 10.3 Å². The minimum absolute atomic E-state index is 0. The van der Waals surface area contributed by atoms with Crippen LogP contribution in [-0.2, 0) is 0 Å². The summed E-state index contributed by atoms with van der Waals surface area (Å²) in [5.74, 6) is 2.66. The van der Waals surface area contributed by atoms with Crippen molar-refractivity contribution in [2.75, 3.05) is 10.6 Å². The molecule has 0 radical (unpaired) electrons. The summed E-state index contributed by atoms with van der Waals surface area (Å²) in [6.45, 7) is 2.09. The summed E-state index contributed by atoms with van der Waals surface area (Å²) in [5, 5.41) is 14.0. The van der Waals surface area contributed by atoms with Gasteiger partial charge in [-0.3, -0.25) is 5.10 Å². The highest BCUT2D eigenvalue weighted by Gasteiger charge is 2.25. The number of nitrogens with zero attached hydrogens (tertiary/aromatic N) is 3. The van der Waals surface area contributed by atoms with E-state index in [1.165, 1.54) is 24.1 Å². The molecular weight excluding hydrogens is 392 g/mol. The summed E-state index contributed by atoms with van der Waals surface area (Å²) in [7, 11) is 0. The first-order valence-corrected chi connectivity index (χ1v) is 9.14. The van der Waals surface area contributed by atoms with Crippen molar-refractivity contribution in [2.24, 2.45) is 0 Å². The Morgan fingerprint density at radius 2 is 2.00 bits per heavy atom. The van der Waals surface area contributed by atoms with Crippen LogP contribution in [0, 0.1) is 0 Å². The molecule has 0 unspecified atom stereocenters. The van der Waals surface area contributed by atoms with Crippen LogP contribution in [0.4, 0.5) is 17.6 Å². The third kappa shape index (κ3) is 4.22. The third-order valence-electron chi connectivity index (χ3n) is 4.25. The molecule has 3 aromatic rings. The lowest BCUT2D eigenvalue weighted by atomic mass is 10.1. The molecule has 2 aromatic heterocycles. The molecule has 1 aliphatic carbocycles. The molecule has 1 aliphatic rings. The number of rotatable bonds is 6. The Morgan fingerprint density at radius 3 is 2.73 bits per heavy atom. The van der Waals surface area contributed by atoms with Crippen LogP contribution in [0.1, 0.15) is 50.4 Å². The molecule has 3 N–H and O–H groups in total. The normalized spacial score (nSPS) is 14.4. The number of benzene rings is 1. The van der Waals surface area contributed by atoms with Gasteiger partial charge in [-0.1, -0.05) is 37.8 Å². The standard InChI is InChI=1S/C18H19BrN6.CH4/c1-11(12-5-3-2-4-6-12)21-18-20-10-14(19)17(23-18)22-16-9-15(24-25-16)13-7-8-13;/h2-6,9-11,13H,7-8H2,1H3,(H3,20,21,22,23,24,25);1H4/t11-;/m1./s1. The molecule has 0 saturated heterocycles. The van der Waals surface area contributed by atoms with E-state index in [2.05, 4.69) is 65.8 Å². The Hall–Kier alpha value is -2.41. The van der Waals surface area contributed by atoms with Crippen LogP contribution in [0.25, 0.3) is 0 Å². The van der Waals surface area contributed by atoms with Gasteiger partial charge in [0.1, 0.15) is 0 Å². The van der Waals surface area contributed by atoms with E-state index in [4.69, 9.17) is 0 Å². The molecule has 1 atom stereocenters. The van der Waals surface area contributed by atoms with E-state index in [1.54, 1.807) is 6.20 Å². The van der Waals surface area contributed by atoms with Crippen LogP contribution in [0.3, 0.4) is 0 Å². The van der Waals surface area contributed by atoms with Gasteiger partial charge in [0, 0.05) is 23.9 Å². The second-order valence-corrected chi connectivity index (χ2v) is 7.13. The lowest BCUT2D eigenvalue weighted by Gasteiger charge is -2.15. The fourth-order valence-electron chi connectivity index (χ4n) is 2.67. The van der Waals surface area contributed by atoms with Crippen LogP contribution in [0.2, 0.25) is 0 Å². The summed E-state index contributed by atoms with van der Waals surface area (Å²) in [4.78, 5) is 8.92. The van der Waals surface area contributed by atoms with Gasteiger partial charge in [-0.05, 0) is 41.3 Å². The van der Waals surface area contributed by atoms with E-state index < -0.39 is 0 Å². The van der Waals surface area contributed by atoms with E-state index >= 15 is 0 Å². The SMILES string of the molecule is C.C[C@@H](Nc1ncc(Br)c(Nc2cc(C3CC3)[nH]n2)n1)c1ccccc1. The van der Waals surface area contributed by atoms with Crippen LogP contribution in [-0.4, -0.2) is 20.2 Å². The average Bonchev–Trinajstić information content (AvgIpc) is 3.38. The van der Waals surface area contributed by atoms with Crippen molar-refractivity contribution in [2.45, 2.75) is 39.2 Å². The smallest absolute Gasteiger partial charge is 0.225 e. The molecule has 1 aromatic carbocycles. The zero-order chi connectivity index (χ0) is 17.2. The van der Waals surface area contributed by atoms with Gasteiger partial charge in [0.05, 0.1) is 10.5 Å². The highest BCUT2D eigenvalue weighted by molar-refractivity contribution is 9.10. The summed E-state index contributed by atoms with van der Waals surface area (Å²) < 4.78 is 0.793. The maximum atomic E-state index is 4.57. The number of anilines is 3. The number of halogens is 1. The Labute approximate surface area is 162 Å². The maximum Gasteiger partial charge on any atom is 0.225 e. The van der Waals surface area contributed by atoms with Gasteiger partial charge < -0.3 is 10.6 Å². The number of aromatic amines is 1. The molecule has 1 saturated carbocycles. The van der Waals surface area contributed by atoms with Crippen molar-refractivity contribution in [3.8, 4) is 0 Å². The monoisotopic (exact) mass is 414 g/mol. The zero-order valence-corrected chi connectivity index (χ0v) is 15.4. The number of H-pyrrole nitrogens is 1. The largest absolute Gasteiger partial charge is 0.348 e. The van der Waals surface area contributed by atoms with Crippen molar-refractivity contribution < 1.29 is 0 Å². The van der Waals surface area contributed by atoms with Crippen LogP contribution in [0.15, 0.2) is 47.1 Å². The number of hydrogen-bond donors (Lipinski definition) is 3. The quantitative estimate of drug-likeness (QED) is 0.503. The Morgan fingerprint density at radius 1 is 1.23 bits per heavy atom. The highest BCUT2D eigenvalue weighted by atomic mass is 79.9. The number of nitrogens with one attached hydrogen (secondary N) is 3. The van der Waals surface area contributed by atoms with Crippen LogP contribution in [0.5, 0.6) is 0 Å². The van der Waals surface area contributed by atoms with Crippen molar-refractivity contribution in [1.29, 1.82) is 0 Å². The Kier molecular flexibility index (Phi) is 5.56. The Bertz CT molecular complexity index is 859. The summed E-state index contributed by atoms with van der Waals surface area (Å²) in [6.07, 6.45) is 4.22. The van der Waals surface area contributed by atoms with Gasteiger partial charge in [0.15, 0.2) is 11.6 Å². The van der Waals surface area contributed by atoms with Gasteiger partial charge in [-0.25, -0.2) is 4.98 Å². The first-order valence-electron chi connectivity index (χ1n) is 8.35. The minimum atomic E-state index is 0. The van der Waals surface area contributed by atoms with Crippen molar-refractivity contribution in [1.82, 2.24) is 20.2 Å². The molecule has 136 valence electrons. The van der Waals surface area contributed by atoms with Gasteiger partial charge in [-0.2, -0.15) is 10.1 Å². The molecule has 6 nitrogen and oxygen atoms in total. The molecule has 2 heterocycles. The van der Waals surface area contributed by atoms with Crippen LogP contribution >= 0.6 is 15.9 Å². The van der Waals surface area contributed by atoms with Crippen molar-refractivity contribution >= 4 is 33.5 Å².